The highest BCUT2D eigenvalue weighted by molar-refractivity contribution is 5.73. The molecule has 93 heavy (non-hydrogen) atoms. The van der Waals surface area contributed by atoms with Crippen molar-refractivity contribution < 1.29 is 193 Å². The van der Waals surface area contributed by atoms with E-state index in [1.807, 2.05) is 0 Å². The molecule has 540 valence electrons. The first kappa shape index (κ1) is 76.2. The SMILES string of the molecule is CC(=O)N[C@H]1[C@H](OC[C@H]2O[C@@H](O[C@H]3[C@H](O)[C@@H](O)[C@H](O)O[C@@H]3CO)[C@H](O)[C@@H](O[C@@H]3O[C@H](CO)[C@@H](O)[C@H](O[C@@H]4O[C@H](CO)[C@H](O)[C@H](O)[C@H]4O[C@@H]4O[C@@H](C)[C@@H](O)[C@@H](O)[C@@H]4O)[C@H]3NC(C)=O)[C@H]2O)O[C@H](CO)[C@@H](O[C@@H]2O[C@H](CO)[C@H](O)[C@H](O)[C@H]2O)[C@@H]1O[C@@H]1O[C@@H](C)[C@@H](O)[C@@H](O)[C@@H]1O. The zero-order chi connectivity index (χ0) is 68.5. The van der Waals surface area contributed by atoms with Crippen LogP contribution in [0.15, 0.2) is 0 Å². The first-order valence-electron chi connectivity index (χ1n) is 29.9. The highest BCUT2D eigenvalue weighted by Gasteiger charge is 2.60. The second-order valence-electron chi connectivity index (χ2n) is 23.9. The molecular weight excluding hydrogens is 1280 g/mol. The molecule has 0 unspecified atom stereocenters. The zero-order valence-electron chi connectivity index (χ0n) is 50.1. The second-order valence-corrected chi connectivity index (χ2v) is 23.9. The lowest BCUT2D eigenvalue weighted by Gasteiger charge is -2.51. The number of rotatable bonds is 22. The maximum Gasteiger partial charge on any atom is 0.217 e. The number of aliphatic hydroxyl groups is 22. The van der Waals surface area contributed by atoms with Gasteiger partial charge in [0.15, 0.2) is 50.3 Å². The van der Waals surface area contributed by atoms with Crippen LogP contribution >= 0.6 is 0 Å². The van der Waals surface area contributed by atoms with Gasteiger partial charge in [-0.15, -0.1) is 0 Å². The Balaban J connectivity index is 1.14. The Labute approximate surface area is 527 Å². The summed E-state index contributed by atoms with van der Waals surface area (Å²) in [6.45, 7) is -1.83. The van der Waals surface area contributed by atoms with E-state index in [0.29, 0.717) is 0 Å². The molecule has 8 fully saturated rings. The molecule has 41 nitrogen and oxygen atoms in total. The van der Waals surface area contributed by atoms with E-state index in [1.165, 1.54) is 13.8 Å². The van der Waals surface area contributed by atoms with Crippen molar-refractivity contribution in [2.45, 2.75) is 273 Å². The lowest BCUT2D eigenvalue weighted by atomic mass is 9.93. The van der Waals surface area contributed by atoms with Gasteiger partial charge in [-0.25, -0.2) is 0 Å². The van der Waals surface area contributed by atoms with Crippen LogP contribution < -0.4 is 10.6 Å². The summed E-state index contributed by atoms with van der Waals surface area (Å²) in [5.74, 6) is -1.86. The van der Waals surface area contributed by atoms with Crippen LogP contribution in [0.5, 0.6) is 0 Å². The minimum atomic E-state index is -2.40. The number of nitrogens with one attached hydrogen (secondary N) is 2. The Morgan fingerprint density at radius 3 is 1.18 bits per heavy atom. The smallest absolute Gasteiger partial charge is 0.217 e. The molecule has 8 saturated heterocycles. The van der Waals surface area contributed by atoms with E-state index in [4.69, 9.17) is 71.1 Å². The fraction of sp³-hybridized carbons (Fsp3) is 0.962. The van der Waals surface area contributed by atoms with Crippen LogP contribution in [0.4, 0.5) is 0 Å². The molecule has 0 radical (unpaired) electrons. The molecule has 0 aromatic heterocycles. The van der Waals surface area contributed by atoms with E-state index in [1.54, 1.807) is 0 Å². The van der Waals surface area contributed by atoms with Crippen molar-refractivity contribution in [3.63, 3.8) is 0 Å². The van der Waals surface area contributed by atoms with Crippen molar-refractivity contribution in [1.29, 1.82) is 0 Å². The van der Waals surface area contributed by atoms with Gasteiger partial charge < -0.3 is 194 Å². The van der Waals surface area contributed by atoms with Crippen LogP contribution in [-0.4, -0.2) is 409 Å². The Bertz CT molecular complexity index is 2350. The van der Waals surface area contributed by atoms with Crippen molar-refractivity contribution in [3.8, 4) is 0 Å². The zero-order valence-corrected chi connectivity index (χ0v) is 50.1. The lowest BCUT2D eigenvalue weighted by Crippen LogP contribution is -2.71. The summed E-state index contributed by atoms with van der Waals surface area (Å²) in [5, 5.41) is 244. The van der Waals surface area contributed by atoms with Gasteiger partial charge in [0.2, 0.25) is 11.8 Å². The molecule has 0 aromatic carbocycles. The number of hydrogen-bond donors (Lipinski definition) is 24. The molecule has 2 amide bonds. The van der Waals surface area contributed by atoms with Crippen LogP contribution in [-0.2, 0) is 80.6 Å². The van der Waals surface area contributed by atoms with Gasteiger partial charge in [0, 0.05) is 13.8 Å². The van der Waals surface area contributed by atoms with Gasteiger partial charge in [-0.1, -0.05) is 0 Å². The van der Waals surface area contributed by atoms with Gasteiger partial charge >= 0.3 is 0 Å². The molecule has 0 aromatic rings. The summed E-state index contributed by atoms with van der Waals surface area (Å²) in [6.07, 6.45) is -74.7. The molecule has 24 N–H and O–H groups in total. The third kappa shape index (κ3) is 16.4. The molecule has 0 aliphatic carbocycles. The third-order valence-corrected chi connectivity index (χ3v) is 17.4. The Morgan fingerprint density at radius 1 is 0.301 bits per heavy atom. The van der Waals surface area contributed by atoms with E-state index >= 15 is 0 Å². The number of aliphatic hydroxyl groups excluding tert-OH is 22. The van der Waals surface area contributed by atoms with E-state index in [-0.39, 0.29) is 0 Å². The maximum absolute atomic E-state index is 13.2. The molecule has 40 atom stereocenters. The number of amides is 2. The van der Waals surface area contributed by atoms with Crippen LogP contribution in [0, 0.1) is 0 Å². The summed E-state index contributed by atoms with van der Waals surface area (Å²) in [7, 11) is 0. The van der Waals surface area contributed by atoms with Crippen molar-refractivity contribution in [1.82, 2.24) is 10.6 Å². The summed E-state index contributed by atoms with van der Waals surface area (Å²) in [6, 6.07) is -3.78. The summed E-state index contributed by atoms with van der Waals surface area (Å²) in [5.41, 5.74) is 0. The van der Waals surface area contributed by atoms with E-state index in [9.17, 15) is 122 Å². The minimum absolute atomic E-state index is 0.908. The molecule has 8 aliphatic rings. The van der Waals surface area contributed by atoms with Gasteiger partial charge in [0.25, 0.3) is 0 Å². The largest absolute Gasteiger partial charge is 0.394 e. The van der Waals surface area contributed by atoms with Crippen molar-refractivity contribution in [2.24, 2.45) is 0 Å². The lowest BCUT2D eigenvalue weighted by molar-refractivity contribution is -0.392. The van der Waals surface area contributed by atoms with Crippen LogP contribution in [0.25, 0.3) is 0 Å². The predicted octanol–water partition coefficient (Wildman–Crippen LogP) is -16.1. The number of carbonyl (C=O) groups is 2. The average Bonchev–Trinajstić information content (AvgIpc) is 0.776. The van der Waals surface area contributed by atoms with E-state index < -0.39 is 297 Å². The number of carbonyl (C=O) groups excluding carboxylic acids is 2. The highest BCUT2D eigenvalue weighted by atomic mass is 16.8. The average molecular weight is 1370 g/mol. The van der Waals surface area contributed by atoms with Crippen molar-refractivity contribution in [2.75, 3.05) is 39.6 Å². The first-order chi connectivity index (χ1) is 43.9. The first-order valence-corrected chi connectivity index (χ1v) is 29.9. The molecule has 41 heteroatoms. The highest BCUT2D eigenvalue weighted by Crippen LogP contribution is 2.39. The Hall–Kier alpha value is -2.54. The molecule has 8 rings (SSSR count). The van der Waals surface area contributed by atoms with Crippen LogP contribution in [0.3, 0.4) is 0 Å². The molecule has 0 saturated carbocycles. The van der Waals surface area contributed by atoms with E-state index in [0.717, 1.165) is 13.8 Å². The fourth-order valence-corrected chi connectivity index (χ4v) is 12.1. The topological polar surface area (TPSA) is 642 Å². The number of ether oxygens (including phenoxy) is 15. The molecule has 8 aliphatic heterocycles. The number of hydrogen-bond acceptors (Lipinski definition) is 39. The molecule has 0 spiro atoms. The summed E-state index contributed by atoms with van der Waals surface area (Å²) < 4.78 is 88.5. The van der Waals surface area contributed by atoms with Crippen LogP contribution in [0.1, 0.15) is 27.7 Å². The standard InChI is InChI=1S/C52H88N2O39/c1-11-23(62)29(68)35(74)48(80-11)91-42-22(54-14(4)61)46(86-19(9-59)40(42)89-50-37(76)31(70)25(64)15(5-55)84-50)79-10-20-28(67)43(38(77)51(87-20)88-39-18(8-58)82-45(78)34(73)33(39)72)92-47-21(53-13(3)60)41(27(66)17(7-57)83-47)90-52-44(32(71)26(65)16(6-56)85-52)93-49-36(75)30(69)24(63)12(2)81-49/h11-12,15-52,55-59,62-78H,5-10H2,1-4H3,(H,53,60)(H,54,61)/t11-,12-,15+,16+,17+,18+,19+,20+,21+,22+,23+,24+,25-,26-,27+,28-,29+,30+,31-,32-,33+,34+,35-,36-,37+,38+,39+,40+,41+,42+,43-,44+,45+,46+,47-,48-,49-,50-,51-,52-/m0/s1. The van der Waals surface area contributed by atoms with Gasteiger partial charge in [-0.2, -0.15) is 0 Å². The maximum atomic E-state index is 13.2. The van der Waals surface area contributed by atoms with Gasteiger partial charge in [-0.05, 0) is 13.8 Å². The van der Waals surface area contributed by atoms with Crippen molar-refractivity contribution >= 4 is 11.8 Å². The van der Waals surface area contributed by atoms with Crippen molar-refractivity contribution in [3.05, 3.63) is 0 Å². The summed E-state index contributed by atoms with van der Waals surface area (Å²) in [4.78, 5) is 26.4. The predicted molar refractivity (Wildman–Crippen MR) is 285 cm³/mol. The minimum Gasteiger partial charge on any atom is -0.394 e. The fourth-order valence-electron chi connectivity index (χ4n) is 12.1. The Morgan fingerprint density at radius 2 is 0.656 bits per heavy atom. The molecular formula is C52H88N2O39. The Kier molecular flexibility index (Phi) is 26.7. The summed E-state index contributed by atoms with van der Waals surface area (Å²) >= 11 is 0. The normalized spacial score (nSPS) is 51.6. The van der Waals surface area contributed by atoms with Gasteiger partial charge in [-0.3, -0.25) is 9.59 Å². The van der Waals surface area contributed by atoms with Crippen LogP contribution in [0.2, 0.25) is 0 Å². The third-order valence-electron chi connectivity index (χ3n) is 17.4. The van der Waals surface area contributed by atoms with Gasteiger partial charge in [0.1, 0.15) is 183 Å². The van der Waals surface area contributed by atoms with Gasteiger partial charge in [0.05, 0.1) is 51.8 Å². The second kappa shape index (κ2) is 32.6. The monoisotopic (exact) mass is 1360 g/mol. The molecule has 0 bridgehead atoms. The molecule has 8 heterocycles. The quantitative estimate of drug-likeness (QED) is 0.0479. The van der Waals surface area contributed by atoms with E-state index in [2.05, 4.69) is 10.6 Å².